The van der Waals surface area contributed by atoms with Crippen LogP contribution in [0, 0.1) is 0 Å². The molecule has 2 rings (SSSR count). The highest BCUT2D eigenvalue weighted by atomic mass is 35.5. The molecule has 0 unspecified atom stereocenters. The van der Waals surface area contributed by atoms with Gasteiger partial charge < -0.3 is 4.74 Å². The number of ether oxygens (including phenoxy) is 1. The monoisotopic (exact) mass is 340 g/mol. The summed E-state index contributed by atoms with van der Waals surface area (Å²) in [5, 5.41) is 8.69. The highest BCUT2D eigenvalue weighted by Crippen LogP contribution is 2.28. The van der Waals surface area contributed by atoms with Crippen molar-refractivity contribution in [2.24, 2.45) is 12.1 Å². The minimum Gasteiger partial charge on any atom is -0.479 e. The highest BCUT2D eigenvalue weighted by Gasteiger charge is 2.15. The van der Waals surface area contributed by atoms with Crippen molar-refractivity contribution in [2.45, 2.75) is 13.0 Å². The first-order valence-electron chi connectivity index (χ1n) is 6.40. The van der Waals surface area contributed by atoms with Crippen molar-refractivity contribution in [3.63, 3.8) is 0 Å². The molecule has 1 heterocycles. The Labute approximate surface area is 137 Å². The van der Waals surface area contributed by atoms with Crippen LogP contribution < -0.4 is 10.2 Å². The van der Waals surface area contributed by atoms with Crippen LogP contribution in [0.15, 0.2) is 35.6 Å². The van der Waals surface area contributed by atoms with E-state index < -0.39 is 12.0 Å². The molecular weight excluding hydrogens is 327 g/mol. The summed E-state index contributed by atoms with van der Waals surface area (Å²) in [6.45, 7) is 1.59. The molecule has 6 nitrogen and oxygen atoms in total. The van der Waals surface area contributed by atoms with Crippen LogP contribution in [0.25, 0.3) is 0 Å². The minimum absolute atomic E-state index is 0.340. The van der Waals surface area contributed by atoms with E-state index in [2.05, 4.69) is 15.6 Å². The molecule has 1 amide bonds. The predicted octanol–water partition coefficient (Wildman–Crippen LogP) is 2.64. The maximum Gasteiger partial charge on any atom is 0.280 e. The summed E-state index contributed by atoms with van der Waals surface area (Å²) in [7, 11) is 1.77. The highest BCUT2D eigenvalue weighted by molar-refractivity contribution is 6.34. The zero-order valence-corrected chi connectivity index (χ0v) is 13.5. The Bertz CT molecular complexity index is 700. The molecule has 8 heteroatoms. The number of hydrogen-bond acceptors (Lipinski definition) is 4. The third-order valence-electron chi connectivity index (χ3n) is 2.80. The average Bonchev–Trinajstić information content (AvgIpc) is 2.88. The molecule has 0 saturated heterocycles. The predicted molar refractivity (Wildman–Crippen MR) is 85.5 cm³/mol. The molecule has 2 aromatic rings. The number of halogens is 2. The number of carbonyl (C=O) groups is 1. The van der Waals surface area contributed by atoms with Crippen molar-refractivity contribution in [3.8, 4) is 5.75 Å². The minimum atomic E-state index is -0.778. The Hall–Kier alpha value is -2.05. The van der Waals surface area contributed by atoms with E-state index in [9.17, 15) is 4.79 Å². The fourth-order valence-corrected chi connectivity index (χ4v) is 1.90. The van der Waals surface area contributed by atoms with Crippen molar-refractivity contribution >= 4 is 35.3 Å². The number of amides is 1. The molecule has 116 valence electrons. The lowest BCUT2D eigenvalue weighted by Gasteiger charge is -2.14. The van der Waals surface area contributed by atoms with Crippen LogP contribution >= 0.6 is 23.2 Å². The summed E-state index contributed by atoms with van der Waals surface area (Å²) in [6.07, 6.45) is 2.35. The van der Waals surface area contributed by atoms with Crippen LogP contribution in [-0.2, 0) is 11.8 Å². The molecule has 1 atom stereocenters. The molecule has 0 saturated carbocycles. The van der Waals surface area contributed by atoms with Gasteiger partial charge in [0.1, 0.15) is 5.75 Å². The van der Waals surface area contributed by atoms with Crippen molar-refractivity contribution in [3.05, 3.63) is 46.2 Å². The first-order chi connectivity index (χ1) is 10.5. The second-order valence-corrected chi connectivity index (χ2v) is 5.29. The van der Waals surface area contributed by atoms with Gasteiger partial charge in [0.05, 0.1) is 16.9 Å². The molecule has 0 fully saturated rings. The first-order valence-corrected chi connectivity index (χ1v) is 7.15. The zero-order chi connectivity index (χ0) is 16.1. The van der Waals surface area contributed by atoms with Crippen molar-refractivity contribution < 1.29 is 9.53 Å². The van der Waals surface area contributed by atoms with Crippen LogP contribution in [0.5, 0.6) is 5.75 Å². The number of aryl methyl sites for hydroxylation is 1. The third kappa shape index (κ3) is 4.22. The molecule has 0 spiro atoms. The maximum absolute atomic E-state index is 11.9. The van der Waals surface area contributed by atoms with Crippen LogP contribution in [0.1, 0.15) is 12.6 Å². The van der Waals surface area contributed by atoms with Crippen LogP contribution in [0.2, 0.25) is 10.0 Å². The van der Waals surface area contributed by atoms with E-state index in [-0.39, 0.29) is 0 Å². The lowest BCUT2D eigenvalue weighted by atomic mass is 10.3. The summed E-state index contributed by atoms with van der Waals surface area (Å²) in [6, 6.07) is 6.55. The van der Waals surface area contributed by atoms with Gasteiger partial charge in [0.2, 0.25) is 0 Å². The second kappa shape index (κ2) is 7.29. The van der Waals surface area contributed by atoms with Crippen LogP contribution in [0.3, 0.4) is 0 Å². The fraction of sp³-hybridized carbons (Fsp3) is 0.214. The van der Waals surface area contributed by atoms with Gasteiger partial charge in [0, 0.05) is 24.3 Å². The lowest BCUT2D eigenvalue weighted by molar-refractivity contribution is -0.127. The number of hydrazone groups is 1. The topological polar surface area (TPSA) is 68.5 Å². The molecule has 22 heavy (non-hydrogen) atoms. The smallest absolute Gasteiger partial charge is 0.280 e. The van der Waals surface area contributed by atoms with E-state index in [0.717, 1.165) is 5.69 Å². The largest absolute Gasteiger partial charge is 0.479 e. The molecule has 0 bridgehead atoms. The molecule has 0 aliphatic heterocycles. The van der Waals surface area contributed by atoms with Gasteiger partial charge in [0.25, 0.3) is 5.91 Å². The van der Waals surface area contributed by atoms with Crippen LogP contribution in [-0.4, -0.2) is 28.0 Å². The van der Waals surface area contributed by atoms with Gasteiger partial charge in [-0.2, -0.15) is 10.2 Å². The lowest BCUT2D eigenvalue weighted by Crippen LogP contribution is -2.33. The van der Waals surface area contributed by atoms with Gasteiger partial charge in [-0.1, -0.05) is 23.2 Å². The normalized spacial score (nSPS) is 12.4. The van der Waals surface area contributed by atoms with Crippen molar-refractivity contribution in [2.75, 3.05) is 0 Å². The van der Waals surface area contributed by atoms with Crippen LogP contribution in [0.4, 0.5) is 0 Å². The number of carbonyl (C=O) groups excluding carboxylic acids is 1. The van der Waals surface area contributed by atoms with E-state index >= 15 is 0 Å². The SMILES string of the molecule is C[C@@H](Oc1cc(Cl)ccc1Cl)C(=O)N/N=C\c1ccnn1C. The number of hydrogen-bond donors (Lipinski definition) is 1. The Morgan fingerprint density at radius 2 is 2.23 bits per heavy atom. The van der Waals surface area contributed by atoms with Crippen molar-refractivity contribution in [1.82, 2.24) is 15.2 Å². The van der Waals surface area contributed by atoms with E-state index in [0.29, 0.717) is 15.8 Å². The van der Waals surface area contributed by atoms with Gasteiger partial charge in [0.15, 0.2) is 6.10 Å². The summed E-state index contributed by atoms with van der Waals surface area (Å²) in [5.41, 5.74) is 3.15. The molecule has 1 N–H and O–H groups in total. The van der Waals surface area contributed by atoms with Crippen molar-refractivity contribution in [1.29, 1.82) is 0 Å². The van der Waals surface area contributed by atoms with Gasteiger partial charge in [-0.15, -0.1) is 0 Å². The van der Waals surface area contributed by atoms with Gasteiger partial charge in [-0.05, 0) is 25.1 Å². The summed E-state index contributed by atoms with van der Waals surface area (Å²) in [5.74, 6) is -0.0677. The third-order valence-corrected chi connectivity index (χ3v) is 3.34. The molecular formula is C14H14Cl2N4O2. The summed E-state index contributed by atoms with van der Waals surface area (Å²) in [4.78, 5) is 11.9. The Kier molecular flexibility index (Phi) is 5.41. The molecule has 0 radical (unpaired) electrons. The molecule has 0 aliphatic carbocycles. The first kappa shape index (κ1) is 16.3. The zero-order valence-electron chi connectivity index (χ0n) is 12.0. The van der Waals surface area contributed by atoms with Gasteiger partial charge in [-0.25, -0.2) is 5.43 Å². The number of benzene rings is 1. The van der Waals surface area contributed by atoms with Gasteiger partial charge in [-0.3, -0.25) is 9.48 Å². The Balaban J connectivity index is 1.93. The molecule has 0 aliphatic rings. The van der Waals surface area contributed by atoms with E-state index in [1.807, 2.05) is 0 Å². The summed E-state index contributed by atoms with van der Waals surface area (Å²) >= 11 is 11.8. The summed E-state index contributed by atoms with van der Waals surface area (Å²) < 4.78 is 7.11. The Morgan fingerprint density at radius 1 is 1.45 bits per heavy atom. The van der Waals surface area contributed by atoms with Gasteiger partial charge >= 0.3 is 0 Å². The second-order valence-electron chi connectivity index (χ2n) is 4.45. The molecule has 1 aromatic carbocycles. The number of nitrogens with one attached hydrogen (secondary N) is 1. The maximum atomic E-state index is 11.9. The standard InChI is InChI=1S/C14H14Cl2N4O2/c1-9(22-13-7-10(15)3-4-12(13)16)14(21)19-17-8-11-5-6-18-20(11)2/h3-9H,1-2H3,(H,19,21)/b17-8-/t9-/m1/s1. The van der Waals surface area contributed by atoms with E-state index in [1.165, 1.54) is 6.21 Å². The molecule has 1 aromatic heterocycles. The van der Waals surface area contributed by atoms with E-state index in [1.54, 1.807) is 49.1 Å². The Morgan fingerprint density at radius 3 is 2.91 bits per heavy atom. The van der Waals surface area contributed by atoms with E-state index in [4.69, 9.17) is 27.9 Å². The fourth-order valence-electron chi connectivity index (χ4n) is 1.58. The quantitative estimate of drug-likeness (QED) is 0.671. The number of nitrogens with zero attached hydrogens (tertiary/aromatic N) is 3. The number of aromatic nitrogens is 2. The average molecular weight is 341 g/mol. The number of rotatable bonds is 5.